The molecular formula is C13H18BrNO3. The molecule has 0 saturated carbocycles. The molecule has 1 aliphatic heterocycles. The highest BCUT2D eigenvalue weighted by molar-refractivity contribution is 9.10. The van der Waals surface area contributed by atoms with Crippen LogP contribution in [0.2, 0.25) is 0 Å². The molecule has 18 heavy (non-hydrogen) atoms. The minimum Gasteiger partial charge on any atom is -0.497 e. The third kappa shape index (κ3) is 2.63. The van der Waals surface area contributed by atoms with Gasteiger partial charge in [0.1, 0.15) is 17.1 Å². The van der Waals surface area contributed by atoms with E-state index in [2.05, 4.69) is 35.3 Å². The number of ether oxygens (including phenoxy) is 2. The summed E-state index contributed by atoms with van der Waals surface area (Å²) in [7, 11) is 3.28. The Hall–Kier alpha value is -0.780. The van der Waals surface area contributed by atoms with Crippen molar-refractivity contribution in [3.05, 3.63) is 22.2 Å². The minimum absolute atomic E-state index is 0.0835. The molecule has 0 radical (unpaired) electrons. The zero-order chi connectivity index (χ0) is 13.3. The lowest BCUT2D eigenvalue weighted by molar-refractivity contribution is 0.00241. The highest BCUT2D eigenvalue weighted by Gasteiger charge is 2.35. The SMILES string of the molecule is CONC1CC(C)(C)Oc2c(Br)cc(OC)cc21. The lowest BCUT2D eigenvalue weighted by atomic mass is 9.90. The molecule has 2 rings (SSSR count). The first-order chi connectivity index (χ1) is 8.46. The van der Waals surface area contributed by atoms with Gasteiger partial charge in [-0.2, -0.15) is 5.48 Å². The number of halogens is 1. The molecule has 5 heteroatoms. The lowest BCUT2D eigenvalue weighted by Gasteiger charge is -2.38. The topological polar surface area (TPSA) is 39.7 Å². The lowest BCUT2D eigenvalue weighted by Crippen LogP contribution is -2.39. The van der Waals surface area contributed by atoms with E-state index in [9.17, 15) is 0 Å². The summed E-state index contributed by atoms with van der Waals surface area (Å²) in [5, 5.41) is 0. The van der Waals surface area contributed by atoms with Gasteiger partial charge in [0.25, 0.3) is 0 Å². The van der Waals surface area contributed by atoms with Gasteiger partial charge in [0.2, 0.25) is 0 Å². The Bertz CT molecular complexity index is 448. The van der Waals surface area contributed by atoms with E-state index in [0.29, 0.717) is 0 Å². The monoisotopic (exact) mass is 315 g/mol. The second kappa shape index (κ2) is 5.07. The van der Waals surface area contributed by atoms with Crippen LogP contribution in [0.3, 0.4) is 0 Å². The minimum atomic E-state index is -0.236. The van der Waals surface area contributed by atoms with Gasteiger partial charge in [-0.05, 0) is 41.9 Å². The van der Waals surface area contributed by atoms with Gasteiger partial charge in [-0.25, -0.2) is 0 Å². The van der Waals surface area contributed by atoms with Crippen molar-refractivity contribution in [1.82, 2.24) is 5.48 Å². The number of hydrogen-bond acceptors (Lipinski definition) is 4. The quantitative estimate of drug-likeness (QED) is 0.869. The first-order valence-corrected chi connectivity index (χ1v) is 6.61. The van der Waals surface area contributed by atoms with Crippen LogP contribution < -0.4 is 15.0 Å². The van der Waals surface area contributed by atoms with Gasteiger partial charge in [-0.15, -0.1) is 0 Å². The predicted molar refractivity (Wildman–Crippen MR) is 72.9 cm³/mol. The van der Waals surface area contributed by atoms with E-state index in [1.807, 2.05) is 12.1 Å². The van der Waals surface area contributed by atoms with Crippen molar-refractivity contribution in [3.8, 4) is 11.5 Å². The largest absolute Gasteiger partial charge is 0.497 e. The van der Waals surface area contributed by atoms with Gasteiger partial charge in [-0.1, -0.05) is 0 Å². The molecule has 1 unspecified atom stereocenters. The van der Waals surface area contributed by atoms with Crippen molar-refractivity contribution < 1.29 is 14.3 Å². The number of hydroxylamine groups is 1. The van der Waals surface area contributed by atoms with E-state index >= 15 is 0 Å². The molecule has 1 aromatic carbocycles. The van der Waals surface area contributed by atoms with Gasteiger partial charge < -0.3 is 14.3 Å². The predicted octanol–water partition coefficient (Wildman–Crippen LogP) is 3.21. The smallest absolute Gasteiger partial charge is 0.139 e. The number of methoxy groups -OCH3 is 1. The zero-order valence-electron chi connectivity index (χ0n) is 11.0. The Morgan fingerprint density at radius 2 is 2.11 bits per heavy atom. The molecule has 1 heterocycles. The van der Waals surface area contributed by atoms with E-state index in [0.717, 1.165) is 28.0 Å². The molecule has 0 fully saturated rings. The average molecular weight is 316 g/mol. The Kier molecular flexibility index (Phi) is 3.84. The Balaban J connectivity index is 2.48. The Morgan fingerprint density at radius 3 is 2.72 bits per heavy atom. The molecule has 1 aliphatic rings. The van der Waals surface area contributed by atoms with Crippen LogP contribution in [0.4, 0.5) is 0 Å². The standard InChI is InChI=1S/C13H18BrNO3/c1-13(2)7-11(15-17-4)9-5-8(16-3)6-10(14)12(9)18-13/h5-6,11,15H,7H2,1-4H3. The van der Waals surface area contributed by atoms with E-state index in [1.54, 1.807) is 14.2 Å². The molecule has 0 bridgehead atoms. The molecule has 0 spiro atoms. The van der Waals surface area contributed by atoms with E-state index in [-0.39, 0.29) is 11.6 Å². The summed E-state index contributed by atoms with van der Waals surface area (Å²) in [6.07, 6.45) is 0.827. The van der Waals surface area contributed by atoms with E-state index < -0.39 is 0 Å². The Labute approximate surface area is 116 Å². The van der Waals surface area contributed by atoms with Crippen LogP contribution in [0.25, 0.3) is 0 Å². The molecule has 100 valence electrons. The average Bonchev–Trinajstić information content (AvgIpc) is 2.29. The summed E-state index contributed by atoms with van der Waals surface area (Å²) < 4.78 is 12.2. The molecule has 0 amide bonds. The maximum absolute atomic E-state index is 6.03. The first-order valence-electron chi connectivity index (χ1n) is 5.82. The van der Waals surface area contributed by atoms with Gasteiger partial charge >= 0.3 is 0 Å². The van der Waals surface area contributed by atoms with Crippen molar-refractivity contribution in [1.29, 1.82) is 0 Å². The number of hydrogen-bond donors (Lipinski definition) is 1. The van der Waals surface area contributed by atoms with Crippen LogP contribution >= 0.6 is 15.9 Å². The number of fused-ring (bicyclic) bond motifs is 1. The van der Waals surface area contributed by atoms with Crippen molar-refractivity contribution in [2.24, 2.45) is 0 Å². The first kappa shape index (κ1) is 13.6. The van der Waals surface area contributed by atoms with E-state index in [4.69, 9.17) is 14.3 Å². The number of benzene rings is 1. The van der Waals surface area contributed by atoms with Crippen molar-refractivity contribution >= 4 is 15.9 Å². The van der Waals surface area contributed by atoms with Crippen molar-refractivity contribution in [3.63, 3.8) is 0 Å². The van der Waals surface area contributed by atoms with Crippen LogP contribution in [0, 0.1) is 0 Å². The molecule has 0 saturated heterocycles. The fourth-order valence-electron chi connectivity index (χ4n) is 2.24. The highest BCUT2D eigenvalue weighted by Crippen LogP contribution is 2.45. The summed E-state index contributed by atoms with van der Waals surface area (Å²) in [5.41, 5.74) is 3.83. The maximum atomic E-state index is 6.03. The molecule has 1 N–H and O–H groups in total. The third-order valence-electron chi connectivity index (χ3n) is 2.99. The normalized spacial score (nSPS) is 21.1. The van der Waals surface area contributed by atoms with E-state index in [1.165, 1.54) is 0 Å². The summed E-state index contributed by atoms with van der Waals surface area (Å²) in [4.78, 5) is 5.08. The molecule has 4 nitrogen and oxygen atoms in total. The van der Waals surface area contributed by atoms with Gasteiger partial charge in [0.05, 0.1) is 24.7 Å². The summed E-state index contributed by atoms with van der Waals surface area (Å²) in [6, 6.07) is 3.97. The number of nitrogens with one attached hydrogen (secondary N) is 1. The summed E-state index contributed by atoms with van der Waals surface area (Å²) in [6.45, 7) is 4.13. The van der Waals surface area contributed by atoms with Crippen LogP contribution in [0.5, 0.6) is 11.5 Å². The van der Waals surface area contributed by atoms with Crippen LogP contribution in [-0.4, -0.2) is 19.8 Å². The van der Waals surface area contributed by atoms with Crippen LogP contribution in [-0.2, 0) is 4.84 Å². The van der Waals surface area contributed by atoms with Crippen molar-refractivity contribution in [2.45, 2.75) is 31.9 Å². The maximum Gasteiger partial charge on any atom is 0.139 e. The fourth-order valence-corrected chi connectivity index (χ4v) is 2.78. The third-order valence-corrected chi connectivity index (χ3v) is 3.58. The van der Waals surface area contributed by atoms with Crippen LogP contribution in [0.1, 0.15) is 31.9 Å². The van der Waals surface area contributed by atoms with Gasteiger partial charge in [-0.3, -0.25) is 0 Å². The van der Waals surface area contributed by atoms with Crippen molar-refractivity contribution in [2.75, 3.05) is 14.2 Å². The Morgan fingerprint density at radius 1 is 1.39 bits per heavy atom. The molecule has 1 atom stereocenters. The highest BCUT2D eigenvalue weighted by atomic mass is 79.9. The fraction of sp³-hybridized carbons (Fsp3) is 0.538. The van der Waals surface area contributed by atoms with Gasteiger partial charge in [0.15, 0.2) is 0 Å². The molecular weight excluding hydrogens is 298 g/mol. The summed E-state index contributed by atoms with van der Waals surface area (Å²) >= 11 is 3.53. The van der Waals surface area contributed by atoms with Gasteiger partial charge in [0, 0.05) is 12.0 Å². The second-order valence-electron chi connectivity index (χ2n) is 4.97. The summed E-state index contributed by atoms with van der Waals surface area (Å²) in [5.74, 6) is 1.65. The molecule has 0 aliphatic carbocycles. The molecule has 0 aromatic heterocycles. The number of rotatable bonds is 3. The molecule has 1 aromatic rings. The zero-order valence-corrected chi connectivity index (χ0v) is 12.6. The second-order valence-corrected chi connectivity index (χ2v) is 5.82. The van der Waals surface area contributed by atoms with Crippen LogP contribution in [0.15, 0.2) is 16.6 Å².